The lowest BCUT2D eigenvalue weighted by atomic mass is 10.2. The highest BCUT2D eigenvalue weighted by Crippen LogP contribution is 2.17. The molecule has 0 aliphatic rings. The first-order valence-corrected chi connectivity index (χ1v) is 5.52. The van der Waals surface area contributed by atoms with E-state index < -0.39 is 35.0 Å². The van der Waals surface area contributed by atoms with Gasteiger partial charge < -0.3 is 5.32 Å². The number of hydrogen-bond donors (Lipinski definition) is 1. The van der Waals surface area contributed by atoms with Crippen LogP contribution in [0, 0.1) is 23.5 Å². The highest BCUT2D eigenvalue weighted by Gasteiger charge is 2.33. The molecule has 104 valence electrons. The van der Waals surface area contributed by atoms with Gasteiger partial charge in [0.1, 0.15) is 12.6 Å². The van der Waals surface area contributed by atoms with Crippen molar-refractivity contribution >= 4 is 11.6 Å². The van der Waals surface area contributed by atoms with Crippen molar-refractivity contribution in [1.82, 2.24) is 0 Å². The summed E-state index contributed by atoms with van der Waals surface area (Å²) in [6, 6.07) is 7.74. The van der Waals surface area contributed by atoms with E-state index in [2.05, 4.69) is 5.32 Å². The highest BCUT2D eigenvalue weighted by atomic mass is 19.2. The summed E-state index contributed by atoms with van der Waals surface area (Å²) in [7, 11) is 0.801. The van der Waals surface area contributed by atoms with Crippen molar-refractivity contribution < 1.29 is 26.9 Å². The van der Waals surface area contributed by atoms with Gasteiger partial charge in [-0.05, 0) is 12.1 Å². The zero-order chi connectivity index (χ0) is 14.9. The minimum atomic E-state index is -1.75. The third-order valence-electron chi connectivity index (χ3n) is 2.65. The van der Waals surface area contributed by atoms with Gasteiger partial charge in [-0.25, -0.2) is 0 Å². The Morgan fingerprint density at radius 3 is 2.00 bits per heavy atom. The van der Waals surface area contributed by atoms with E-state index in [0.29, 0.717) is 0 Å². The van der Waals surface area contributed by atoms with Crippen molar-refractivity contribution in [2.45, 2.75) is 0 Å². The van der Waals surface area contributed by atoms with Crippen molar-refractivity contribution in [2.24, 2.45) is 7.05 Å². The Kier molecular flexibility index (Phi) is 3.69. The number of carbonyl (C=O) groups is 1. The van der Waals surface area contributed by atoms with Crippen molar-refractivity contribution in [3.8, 4) is 0 Å². The molecule has 1 heterocycles. The third kappa shape index (κ3) is 2.34. The molecule has 1 aromatic carbocycles. The normalized spacial score (nSPS) is 10.4. The van der Waals surface area contributed by atoms with Crippen LogP contribution in [-0.2, 0) is 7.05 Å². The predicted molar refractivity (Wildman–Crippen MR) is 61.8 cm³/mol. The van der Waals surface area contributed by atoms with Gasteiger partial charge in [0.15, 0.2) is 0 Å². The number of rotatable bonds is 2. The van der Waals surface area contributed by atoms with Crippen LogP contribution >= 0.6 is 0 Å². The van der Waals surface area contributed by atoms with Crippen molar-refractivity contribution in [3.05, 3.63) is 59.4 Å². The van der Waals surface area contributed by atoms with E-state index in [1.165, 1.54) is 12.1 Å². The number of amides is 1. The van der Waals surface area contributed by atoms with Gasteiger partial charge in [-0.2, -0.15) is 8.78 Å². The third-order valence-corrected chi connectivity index (χ3v) is 2.65. The van der Waals surface area contributed by atoms with Gasteiger partial charge >= 0.3 is 11.9 Å². The monoisotopic (exact) mass is 285 g/mol. The Morgan fingerprint density at radius 1 is 1.00 bits per heavy atom. The van der Waals surface area contributed by atoms with E-state index in [0.717, 1.165) is 7.05 Å². The van der Waals surface area contributed by atoms with Gasteiger partial charge in [-0.1, -0.05) is 18.2 Å². The Balaban J connectivity index is 2.45. The molecular weight excluding hydrogens is 276 g/mol. The summed E-state index contributed by atoms with van der Waals surface area (Å²) in [5, 5.41) is 2.15. The molecule has 1 N–H and O–H groups in total. The predicted octanol–water partition coefficient (Wildman–Crippen LogP) is 2.32. The molecule has 0 unspecified atom stereocenters. The first-order valence-electron chi connectivity index (χ1n) is 5.52. The maximum atomic E-state index is 13.6. The average molecular weight is 285 g/mol. The quantitative estimate of drug-likeness (QED) is 0.513. The number of hydrogen-bond acceptors (Lipinski definition) is 1. The smallest absolute Gasteiger partial charge is 0.322 e. The minimum absolute atomic E-state index is 0.0456. The molecule has 0 atom stereocenters. The van der Waals surface area contributed by atoms with Gasteiger partial charge in [-0.3, -0.25) is 4.79 Å². The van der Waals surface area contributed by atoms with Gasteiger partial charge in [0.05, 0.1) is 0 Å². The van der Waals surface area contributed by atoms with Crippen molar-refractivity contribution in [2.75, 3.05) is 5.32 Å². The van der Waals surface area contributed by atoms with Crippen LogP contribution in [0.15, 0.2) is 30.3 Å². The van der Waals surface area contributed by atoms with Gasteiger partial charge in [0.2, 0.25) is 11.6 Å². The number of para-hydroxylation sites is 1. The molecule has 3 nitrogen and oxygen atoms in total. The molecule has 0 bridgehead atoms. The molecule has 0 saturated carbocycles. The summed E-state index contributed by atoms with van der Waals surface area (Å²) in [6.07, 6.45) is 0. The van der Waals surface area contributed by atoms with Crippen molar-refractivity contribution in [3.63, 3.8) is 0 Å². The summed E-state index contributed by atoms with van der Waals surface area (Å²) in [6.45, 7) is 0. The van der Waals surface area contributed by atoms with E-state index in [1.807, 2.05) is 0 Å². The Morgan fingerprint density at radius 2 is 1.50 bits per heavy atom. The largest absolute Gasteiger partial charge is 0.399 e. The van der Waals surface area contributed by atoms with Crippen LogP contribution in [-0.4, -0.2) is 5.91 Å². The second-order valence-corrected chi connectivity index (χ2v) is 3.96. The molecule has 0 aliphatic heterocycles. The molecule has 0 fully saturated rings. The summed E-state index contributed by atoms with van der Waals surface area (Å²) >= 11 is 0. The molecule has 0 aliphatic carbocycles. The fraction of sp³-hybridized carbons (Fsp3) is 0.0769. The van der Waals surface area contributed by atoms with Crippen molar-refractivity contribution in [1.29, 1.82) is 0 Å². The lowest BCUT2D eigenvalue weighted by molar-refractivity contribution is -0.730. The number of pyridine rings is 1. The number of nitrogens with zero attached hydrogens (tertiary/aromatic N) is 1. The second-order valence-electron chi connectivity index (χ2n) is 3.96. The summed E-state index contributed by atoms with van der Waals surface area (Å²) in [5.74, 6) is -8.10. The van der Waals surface area contributed by atoms with Gasteiger partial charge in [0, 0.05) is 5.69 Å². The topological polar surface area (TPSA) is 33.0 Å². The first-order chi connectivity index (χ1) is 9.43. The first kappa shape index (κ1) is 14.0. The maximum Gasteiger partial charge on any atom is 0.399 e. The average Bonchev–Trinajstić information content (AvgIpc) is 2.44. The number of anilines is 1. The SMILES string of the molecule is C[n+]1c(F)c(F)c(C(=O)Nc2ccccc2)c(F)c1F. The molecule has 2 aromatic rings. The van der Waals surface area contributed by atoms with Gasteiger partial charge in [0.25, 0.3) is 5.91 Å². The molecule has 1 amide bonds. The van der Waals surface area contributed by atoms with Crippen LogP contribution in [0.4, 0.5) is 23.2 Å². The molecular formula is C13H9F4N2O+. The molecule has 20 heavy (non-hydrogen) atoms. The molecule has 1 aromatic heterocycles. The number of nitrogens with one attached hydrogen (secondary N) is 1. The highest BCUT2D eigenvalue weighted by molar-refractivity contribution is 6.04. The van der Waals surface area contributed by atoms with E-state index >= 15 is 0 Å². The van der Waals surface area contributed by atoms with Gasteiger partial charge in [-0.15, -0.1) is 13.3 Å². The molecule has 0 radical (unpaired) electrons. The fourth-order valence-electron chi connectivity index (χ4n) is 1.60. The zero-order valence-electron chi connectivity index (χ0n) is 10.3. The number of halogens is 4. The number of carbonyl (C=O) groups excluding carboxylic acids is 1. The van der Waals surface area contributed by atoms with Crippen LogP contribution in [0.1, 0.15) is 10.4 Å². The summed E-state index contributed by atoms with van der Waals surface area (Å²) < 4.78 is 53.9. The van der Waals surface area contributed by atoms with Crippen LogP contribution in [0.2, 0.25) is 0 Å². The Hall–Kier alpha value is -2.44. The maximum absolute atomic E-state index is 13.6. The molecule has 0 saturated heterocycles. The lowest BCUT2D eigenvalue weighted by Gasteiger charge is -2.06. The Labute approximate surface area is 111 Å². The Bertz CT molecular complexity index is 645. The van der Waals surface area contributed by atoms with Crippen LogP contribution < -0.4 is 9.88 Å². The number of aromatic nitrogens is 1. The van der Waals surface area contributed by atoms with Crippen LogP contribution in [0.25, 0.3) is 0 Å². The van der Waals surface area contributed by atoms with Crippen LogP contribution in [0.5, 0.6) is 0 Å². The van der Waals surface area contributed by atoms with E-state index in [4.69, 9.17) is 0 Å². The molecule has 0 spiro atoms. The van der Waals surface area contributed by atoms with E-state index in [-0.39, 0.29) is 10.3 Å². The van der Waals surface area contributed by atoms with Crippen LogP contribution in [0.3, 0.4) is 0 Å². The van der Waals surface area contributed by atoms with E-state index in [1.54, 1.807) is 18.2 Å². The molecule has 2 rings (SSSR count). The standard InChI is InChI=1S/C13H8F4N2O/c1-19-11(16)9(14)8(10(15)12(19)17)13(20)18-7-5-3-2-4-6-7/h2-6H,1H3/p+1. The summed E-state index contributed by atoms with van der Waals surface area (Å²) in [4.78, 5) is 11.7. The van der Waals surface area contributed by atoms with E-state index in [9.17, 15) is 22.4 Å². The second kappa shape index (κ2) is 5.28. The zero-order valence-corrected chi connectivity index (χ0v) is 10.3. The minimum Gasteiger partial charge on any atom is -0.322 e. The summed E-state index contributed by atoms with van der Waals surface area (Å²) in [5.41, 5.74) is -1.06. The fourth-order valence-corrected chi connectivity index (χ4v) is 1.60. The molecule has 7 heteroatoms. The lowest BCUT2D eigenvalue weighted by Crippen LogP contribution is -2.42. The number of benzene rings is 1.